The van der Waals surface area contributed by atoms with Gasteiger partial charge in [-0.3, -0.25) is 9.59 Å². The van der Waals surface area contributed by atoms with Crippen molar-refractivity contribution in [1.82, 2.24) is 10.6 Å². The fourth-order valence-electron chi connectivity index (χ4n) is 4.51. The molecule has 5 aromatic carbocycles. The molecule has 0 saturated carbocycles. The lowest BCUT2D eigenvalue weighted by Gasteiger charge is -2.13. The Morgan fingerprint density at radius 1 is 0.581 bits per heavy atom. The van der Waals surface area contributed by atoms with Crippen LogP contribution < -0.4 is 16.0 Å². The molecule has 5 rings (SSSR count). The highest BCUT2D eigenvalue weighted by Gasteiger charge is 2.11. The zero-order valence-corrected chi connectivity index (χ0v) is 24.4. The number of anilines is 1. The molecule has 0 spiro atoms. The zero-order valence-electron chi connectivity index (χ0n) is 23.6. The maximum atomic E-state index is 13.3. The van der Waals surface area contributed by atoms with Crippen LogP contribution in [0, 0.1) is 0 Å². The lowest BCUT2D eigenvalue weighted by molar-refractivity contribution is -0.120. The number of halogens is 1. The predicted molar refractivity (Wildman–Crippen MR) is 175 cm³/mol. The van der Waals surface area contributed by atoms with E-state index in [1.807, 2.05) is 84.9 Å². The summed E-state index contributed by atoms with van der Waals surface area (Å²) in [7, 11) is 0. The van der Waals surface area contributed by atoms with Gasteiger partial charge in [-0.05, 0) is 63.7 Å². The molecule has 2 amide bonds. The van der Waals surface area contributed by atoms with Gasteiger partial charge in [-0.2, -0.15) is 0 Å². The molecule has 214 valence electrons. The monoisotopic (exact) mass is 585 g/mol. The van der Waals surface area contributed by atoms with Crippen LogP contribution in [-0.2, 0) is 29.1 Å². The molecular formula is C37H32ClN3O2. The van der Waals surface area contributed by atoms with E-state index in [1.54, 1.807) is 30.3 Å². The smallest absolute Gasteiger partial charge is 0.271 e. The van der Waals surface area contributed by atoms with Crippen LogP contribution in [0.5, 0.6) is 0 Å². The first-order valence-electron chi connectivity index (χ1n) is 14.1. The van der Waals surface area contributed by atoms with E-state index in [9.17, 15) is 9.59 Å². The van der Waals surface area contributed by atoms with Crippen LogP contribution in [-0.4, -0.2) is 11.8 Å². The number of carbonyl (C=O) groups is 2. The molecule has 0 radical (unpaired) electrons. The number of carbonyl (C=O) groups excluding carboxylic acids is 2. The van der Waals surface area contributed by atoms with Crippen LogP contribution in [0.25, 0.3) is 17.2 Å². The van der Waals surface area contributed by atoms with Crippen molar-refractivity contribution in [3.05, 3.63) is 166 Å². The first-order chi connectivity index (χ1) is 21.0. The Balaban J connectivity index is 1.15. The van der Waals surface area contributed by atoms with E-state index >= 15 is 0 Å². The largest absolute Gasteiger partial charge is 0.376 e. The van der Waals surface area contributed by atoms with Crippen molar-refractivity contribution in [3.63, 3.8) is 0 Å². The van der Waals surface area contributed by atoms with Crippen molar-refractivity contribution in [2.75, 3.05) is 5.32 Å². The topological polar surface area (TPSA) is 70.2 Å². The molecule has 0 fully saturated rings. The summed E-state index contributed by atoms with van der Waals surface area (Å²) in [6, 6.07) is 42.9. The van der Waals surface area contributed by atoms with E-state index in [0.29, 0.717) is 29.5 Å². The molecule has 5 aromatic rings. The molecule has 6 heteroatoms. The highest BCUT2D eigenvalue weighted by Crippen LogP contribution is 2.19. The molecule has 0 aliphatic heterocycles. The Morgan fingerprint density at radius 3 is 1.81 bits per heavy atom. The SMILES string of the molecule is O=C(Cc1ccc(NC(=O)/C(=C/c2ccc(Cl)cc2)NCc2ccccc2)cc1)NCc1ccc(-c2ccccc2)cc1. The van der Waals surface area contributed by atoms with Crippen molar-refractivity contribution in [1.29, 1.82) is 0 Å². The molecule has 3 N–H and O–H groups in total. The van der Waals surface area contributed by atoms with E-state index < -0.39 is 0 Å². The molecule has 43 heavy (non-hydrogen) atoms. The van der Waals surface area contributed by atoms with Crippen LogP contribution in [0.1, 0.15) is 22.3 Å². The molecule has 0 unspecified atom stereocenters. The van der Waals surface area contributed by atoms with E-state index in [1.165, 1.54) is 0 Å². The van der Waals surface area contributed by atoms with Gasteiger partial charge >= 0.3 is 0 Å². The number of rotatable bonds is 11. The Bertz CT molecular complexity index is 1670. The summed E-state index contributed by atoms with van der Waals surface area (Å²) in [5.74, 6) is -0.336. The van der Waals surface area contributed by atoms with Crippen LogP contribution in [0.4, 0.5) is 5.69 Å². The summed E-state index contributed by atoms with van der Waals surface area (Å²) in [4.78, 5) is 25.9. The number of hydrogen-bond donors (Lipinski definition) is 3. The highest BCUT2D eigenvalue weighted by atomic mass is 35.5. The Labute approximate surface area is 257 Å². The van der Waals surface area contributed by atoms with Gasteiger partial charge in [0.15, 0.2) is 0 Å². The third-order valence-corrected chi connectivity index (χ3v) is 7.13. The van der Waals surface area contributed by atoms with Crippen LogP contribution in [0.3, 0.4) is 0 Å². The normalized spacial score (nSPS) is 11.0. The summed E-state index contributed by atoms with van der Waals surface area (Å²) in [5.41, 5.74) is 7.16. The minimum absolute atomic E-state index is 0.0674. The molecule has 0 aliphatic carbocycles. The summed E-state index contributed by atoms with van der Waals surface area (Å²) >= 11 is 6.03. The molecule has 0 saturated heterocycles. The van der Waals surface area contributed by atoms with Crippen molar-refractivity contribution < 1.29 is 9.59 Å². The highest BCUT2D eigenvalue weighted by molar-refractivity contribution is 6.30. The maximum absolute atomic E-state index is 13.3. The average molecular weight is 586 g/mol. The van der Waals surface area contributed by atoms with Gasteiger partial charge < -0.3 is 16.0 Å². The number of hydrogen-bond acceptors (Lipinski definition) is 3. The van der Waals surface area contributed by atoms with Crippen molar-refractivity contribution in [2.24, 2.45) is 0 Å². The fraction of sp³-hybridized carbons (Fsp3) is 0.0811. The maximum Gasteiger partial charge on any atom is 0.271 e. The summed E-state index contributed by atoms with van der Waals surface area (Å²) in [6.07, 6.45) is 2.04. The second-order valence-corrected chi connectivity index (χ2v) is 10.6. The minimum atomic E-state index is -0.269. The second kappa shape index (κ2) is 14.7. The first kappa shape index (κ1) is 29.4. The number of benzene rings is 5. The Hall–Kier alpha value is -5.13. The van der Waals surface area contributed by atoms with Gasteiger partial charge in [-0.25, -0.2) is 0 Å². The standard InChI is InChI=1S/C37H32ClN3O2/c38-33-19-13-27(14-20-33)23-35(39-25-29-7-3-1-4-8-29)37(43)41-34-21-15-28(16-22-34)24-36(42)40-26-30-11-17-32(18-12-30)31-9-5-2-6-10-31/h1-23,39H,24-26H2,(H,40,42)(H,41,43)/b35-23-. The van der Waals surface area contributed by atoms with Gasteiger partial charge in [-0.15, -0.1) is 0 Å². The lowest BCUT2D eigenvalue weighted by atomic mass is 10.0. The third kappa shape index (κ3) is 8.93. The first-order valence-corrected chi connectivity index (χ1v) is 14.5. The van der Waals surface area contributed by atoms with Gasteiger partial charge in [0.1, 0.15) is 5.70 Å². The minimum Gasteiger partial charge on any atom is -0.376 e. The van der Waals surface area contributed by atoms with Gasteiger partial charge in [0, 0.05) is 23.8 Å². The number of amides is 2. The zero-order chi connectivity index (χ0) is 29.9. The van der Waals surface area contributed by atoms with Crippen molar-refractivity contribution >= 4 is 35.2 Å². The van der Waals surface area contributed by atoms with Gasteiger partial charge in [0.25, 0.3) is 5.91 Å². The van der Waals surface area contributed by atoms with Crippen molar-refractivity contribution in [2.45, 2.75) is 19.5 Å². The molecule has 5 nitrogen and oxygen atoms in total. The van der Waals surface area contributed by atoms with Gasteiger partial charge in [0.2, 0.25) is 5.91 Å². The summed E-state index contributed by atoms with van der Waals surface area (Å²) in [5, 5.41) is 9.84. The fourth-order valence-corrected chi connectivity index (χ4v) is 4.64. The van der Waals surface area contributed by atoms with Crippen LogP contribution in [0.15, 0.2) is 139 Å². The molecule has 0 heterocycles. The Kier molecular flexibility index (Phi) is 10.0. The molecule has 0 bridgehead atoms. The van der Waals surface area contributed by atoms with Crippen molar-refractivity contribution in [3.8, 4) is 11.1 Å². The molecule has 0 aliphatic rings. The van der Waals surface area contributed by atoms with Gasteiger partial charge in [0.05, 0.1) is 6.42 Å². The van der Waals surface area contributed by atoms with Gasteiger partial charge in [-0.1, -0.05) is 121 Å². The average Bonchev–Trinajstić information content (AvgIpc) is 3.05. The third-order valence-electron chi connectivity index (χ3n) is 6.88. The lowest BCUT2D eigenvalue weighted by Crippen LogP contribution is -2.25. The van der Waals surface area contributed by atoms with E-state index in [0.717, 1.165) is 33.4 Å². The number of nitrogens with one attached hydrogen (secondary N) is 3. The molecular weight excluding hydrogens is 554 g/mol. The summed E-state index contributed by atoms with van der Waals surface area (Å²) < 4.78 is 0. The second-order valence-electron chi connectivity index (χ2n) is 10.1. The van der Waals surface area contributed by atoms with E-state index in [-0.39, 0.29) is 18.2 Å². The molecule has 0 aromatic heterocycles. The molecule has 0 atom stereocenters. The predicted octanol–water partition coefficient (Wildman–Crippen LogP) is 7.64. The quantitative estimate of drug-likeness (QED) is 0.140. The summed E-state index contributed by atoms with van der Waals surface area (Å²) in [6.45, 7) is 0.958. The van der Waals surface area contributed by atoms with E-state index in [4.69, 9.17) is 11.6 Å². The van der Waals surface area contributed by atoms with Crippen LogP contribution in [0.2, 0.25) is 5.02 Å². The van der Waals surface area contributed by atoms with E-state index in [2.05, 4.69) is 40.2 Å². The Morgan fingerprint density at radius 2 is 1.14 bits per heavy atom. The van der Waals surface area contributed by atoms with Crippen LogP contribution >= 0.6 is 11.6 Å².